The van der Waals surface area contributed by atoms with Crippen molar-refractivity contribution < 1.29 is 23.8 Å². The molecule has 6 rings (SSSR count). The van der Waals surface area contributed by atoms with Crippen LogP contribution < -0.4 is 10.6 Å². The molecule has 2 heterocycles. The van der Waals surface area contributed by atoms with Gasteiger partial charge in [-0.3, -0.25) is 0 Å². The van der Waals surface area contributed by atoms with Crippen LogP contribution in [0.1, 0.15) is 131 Å². The summed E-state index contributed by atoms with van der Waals surface area (Å²) in [6, 6.07) is -0.0360. The van der Waals surface area contributed by atoms with Crippen molar-refractivity contribution in [2.24, 2.45) is 52.8 Å². The lowest BCUT2D eigenvalue weighted by Crippen LogP contribution is -2.59. The third-order valence-corrected chi connectivity index (χ3v) is 14.3. The number of methoxy groups -OCH3 is 1. The number of fused-ring (bicyclic) bond motifs is 3. The number of amides is 2. The zero-order valence-electron chi connectivity index (χ0n) is 28.6. The number of esters is 1. The van der Waals surface area contributed by atoms with Crippen LogP contribution in [0.3, 0.4) is 0 Å². The third-order valence-electron chi connectivity index (χ3n) is 14.3. The van der Waals surface area contributed by atoms with Crippen LogP contribution in [-0.2, 0) is 19.0 Å². The first-order chi connectivity index (χ1) is 21.0. The van der Waals surface area contributed by atoms with Gasteiger partial charge in [0.05, 0.1) is 19.8 Å². The largest absolute Gasteiger partial charge is 0.467 e. The second-order valence-corrected chi connectivity index (χ2v) is 16.8. The van der Waals surface area contributed by atoms with Crippen molar-refractivity contribution in [3.05, 3.63) is 0 Å². The zero-order chi connectivity index (χ0) is 31.3. The van der Waals surface area contributed by atoms with Crippen LogP contribution >= 0.6 is 0 Å². The lowest BCUT2D eigenvalue weighted by molar-refractivity contribution is -0.272. The van der Waals surface area contributed by atoms with Crippen molar-refractivity contribution in [3.63, 3.8) is 0 Å². The predicted octanol–water partition coefficient (Wildman–Crippen LogP) is 7.61. The number of hydrogen-bond acceptors (Lipinski definition) is 5. The number of ether oxygens (including phenoxy) is 3. The lowest BCUT2D eigenvalue weighted by Gasteiger charge is -2.50. The topological polar surface area (TPSA) is 85.9 Å². The van der Waals surface area contributed by atoms with Gasteiger partial charge in [-0.05, 0) is 117 Å². The fourth-order valence-corrected chi connectivity index (χ4v) is 11.5. The highest BCUT2D eigenvalue weighted by Gasteiger charge is 2.67. The standard InChI is InChI=1S/C37H62N2O5/c1-23-14-19-37(43-22-23)26(4)32-31(44-37)21-30-29(25(3)15-18-35(30,32)5)13-11-27-20-28(12-10-24(27)2)38-34(41)39-36(33(40)42-6)16-8-7-9-17-36/h23-32H,7-22H2,1-6H3,(H2,38,39,41)/t23-,24+,25-,26-,27+,28+,29+,30-,31-,32-,35-,37+/m0/s1. The molecule has 0 unspecified atom stereocenters. The fourth-order valence-electron chi connectivity index (χ4n) is 11.5. The Morgan fingerprint density at radius 1 is 0.886 bits per heavy atom. The van der Waals surface area contributed by atoms with E-state index in [1.807, 2.05) is 0 Å². The maximum Gasteiger partial charge on any atom is 0.331 e. The van der Waals surface area contributed by atoms with E-state index in [-0.39, 0.29) is 23.8 Å². The number of nitrogens with one attached hydrogen (secondary N) is 2. The van der Waals surface area contributed by atoms with E-state index in [0.29, 0.717) is 54.0 Å². The summed E-state index contributed by atoms with van der Waals surface area (Å²) in [5, 5.41) is 6.36. The monoisotopic (exact) mass is 614 g/mol. The summed E-state index contributed by atoms with van der Waals surface area (Å²) in [5.74, 6) is 4.60. The Morgan fingerprint density at radius 3 is 2.36 bits per heavy atom. The van der Waals surface area contributed by atoms with Gasteiger partial charge in [0.25, 0.3) is 0 Å². The SMILES string of the molecule is COC(=O)C1(NC(=O)N[C@@H]2CC[C@@H](C)[C@H](CC[C@@H]3[C@@H](C)CC[C@]4(C)[C@@H]5[C@H](C[C@@H]34)O[C@]3(CC[C@H](C)CO3)[C@H]5C)C2)CCCCC1. The molecule has 2 saturated heterocycles. The quantitative estimate of drug-likeness (QED) is 0.301. The molecule has 7 heteroatoms. The van der Waals surface area contributed by atoms with Crippen LogP contribution in [0, 0.1) is 52.8 Å². The van der Waals surface area contributed by atoms with E-state index in [9.17, 15) is 9.59 Å². The molecule has 0 bridgehead atoms. The zero-order valence-corrected chi connectivity index (χ0v) is 28.6. The van der Waals surface area contributed by atoms with Gasteiger partial charge in [-0.1, -0.05) is 53.9 Å². The van der Waals surface area contributed by atoms with Gasteiger partial charge in [-0.15, -0.1) is 0 Å². The first-order valence-corrected chi connectivity index (χ1v) is 18.5. The van der Waals surface area contributed by atoms with Gasteiger partial charge in [0, 0.05) is 18.4 Å². The minimum atomic E-state index is -0.871. The van der Waals surface area contributed by atoms with Crippen molar-refractivity contribution in [3.8, 4) is 0 Å². The molecule has 250 valence electrons. The van der Waals surface area contributed by atoms with E-state index in [1.165, 1.54) is 45.6 Å². The molecule has 4 aliphatic carbocycles. The second-order valence-electron chi connectivity index (χ2n) is 16.8. The average molecular weight is 615 g/mol. The number of hydrogen-bond donors (Lipinski definition) is 2. The molecule has 6 aliphatic rings. The molecule has 0 radical (unpaired) electrons. The summed E-state index contributed by atoms with van der Waals surface area (Å²) in [4.78, 5) is 25.9. The Kier molecular flexibility index (Phi) is 9.40. The van der Waals surface area contributed by atoms with Crippen LogP contribution in [-0.4, -0.2) is 49.2 Å². The van der Waals surface area contributed by atoms with Crippen molar-refractivity contribution in [1.29, 1.82) is 0 Å². The van der Waals surface area contributed by atoms with Crippen LogP contribution in [0.4, 0.5) is 4.79 Å². The first kappa shape index (κ1) is 32.6. The van der Waals surface area contributed by atoms with E-state index in [2.05, 4.69) is 45.3 Å². The number of carbonyl (C=O) groups is 2. The molecule has 1 spiro atoms. The van der Waals surface area contributed by atoms with Crippen LogP contribution in [0.2, 0.25) is 0 Å². The number of urea groups is 1. The molecule has 2 N–H and O–H groups in total. The van der Waals surface area contributed by atoms with Crippen molar-refractivity contribution in [2.75, 3.05) is 13.7 Å². The smallest absolute Gasteiger partial charge is 0.331 e. The minimum absolute atomic E-state index is 0.165. The molecule has 0 aromatic carbocycles. The highest BCUT2D eigenvalue weighted by molar-refractivity contribution is 5.87. The summed E-state index contributed by atoms with van der Waals surface area (Å²) in [6.07, 6.45) is 16.5. The first-order valence-electron chi connectivity index (χ1n) is 18.5. The maximum absolute atomic E-state index is 13.2. The van der Waals surface area contributed by atoms with Gasteiger partial charge < -0.3 is 24.8 Å². The Bertz CT molecular complexity index is 1030. The molecule has 2 amide bonds. The highest BCUT2D eigenvalue weighted by atomic mass is 16.7. The van der Waals surface area contributed by atoms with E-state index in [1.54, 1.807) is 0 Å². The average Bonchev–Trinajstić information content (AvgIpc) is 3.45. The Hall–Kier alpha value is -1.34. The van der Waals surface area contributed by atoms with E-state index in [4.69, 9.17) is 14.2 Å². The second kappa shape index (κ2) is 12.7. The summed E-state index contributed by atoms with van der Waals surface area (Å²) in [6.45, 7) is 13.1. The van der Waals surface area contributed by atoms with Gasteiger partial charge in [-0.2, -0.15) is 0 Å². The van der Waals surface area contributed by atoms with Gasteiger partial charge in [-0.25, -0.2) is 9.59 Å². The molecule has 0 aromatic heterocycles. The van der Waals surface area contributed by atoms with Gasteiger partial charge in [0.1, 0.15) is 5.54 Å². The van der Waals surface area contributed by atoms with Crippen molar-refractivity contribution in [1.82, 2.24) is 10.6 Å². The Morgan fingerprint density at radius 2 is 1.66 bits per heavy atom. The van der Waals surface area contributed by atoms with E-state index < -0.39 is 5.54 Å². The summed E-state index contributed by atoms with van der Waals surface area (Å²) >= 11 is 0. The number of carbonyl (C=O) groups excluding carboxylic acids is 2. The molecule has 0 aromatic rings. The fraction of sp³-hybridized carbons (Fsp3) is 0.946. The highest BCUT2D eigenvalue weighted by Crippen LogP contribution is 2.67. The summed E-state index contributed by atoms with van der Waals surface area (Å²) in [7, 11) is 1.43. The molecule has 4 saturated carbocycles. The van der Waals surface area contributed by atoms with E-state index >= 15 is 0 Å². The molecular weight excluding hydrogens is 552 g/mol. The van der Waals surface area contributed by atoms with E-state index in [0.717, 1.165) is 69.3 Å². The maximum atomic E-state index is 13.2. The minimum Gasteiger partial charge on any atom is -0.467 e. The molecule has 6 fully saturated rings. The van der Waals surface area contributed by atoms with Crippen LogP contribution in [0.25, 0.3) is 0 Å². The molecule has 2 aliphatic heterocycles. The third kappa shape index (κ3) is 5.84. The van der Waals surface area contributed by atoms with Crippen LogP contribution in [0.15, 0.2) is 0 Å². The van der Waals surface area contributed by atoms with Gasteiger partial charge in [0.2, 0.25) is 0 Å². The number of rotatable bonds is 6. The van der Waals surface area contributed by atoms with Crippen LogP contribution in [0.5, 0.6) is 0 Å². The molecule has 7 nitrogen and oxygen atoms in total. The Balaban J connectivity index is 1.06. The predicted molar refractivity (Wildman–Crippen MR) is 172 cm³/mol. The summed E-state index contributed by atoms with van der Waals surface area (Å²) in [5.41, 5.74) is -0.531. The normalized spacial score (nSPS) is 46.6. The summed E-state index contributed by atoms with van der Waals surface area (Å²) < 4.78 is 18.6. The molecular formula is C37H62N2O5. The van der Waals surface area contributed by atoms with Crippen molar-refractivity contribution in [2.45, 2.75) is 154 Å². The van der Waals surface area contributed by atoms with Crippen molar-refractivity contribution >= 4 is 12.0 Å². The molecule has 12 atom stereocenters. The van der Waals surface area contributed by atoms with Gasteiger partial charge in [0.15, 0.2) is 5.79 Å². The molecule has 44 heavy (non-hydrogen) atoms. The van der Waals surface area contributed by atoms with Gasteiger partial charge >= 0.3 is 12.0 Å². The lowest BCUT2D eigenvalue weighted by atomic mass is 9.55. The Labute approximate surface area is 267 Å².